The van der Waals surface area contributed by atoms with Gasteiger partial charge in [0.2, 0.25) is 0 Å². The van der Waals surface area contributed by atoms with Crippen LogP contribution < -0.4 is 10.1 Å². The molecule has 0 spiro atoms. The van der Waals surface area contributed by atoms with Crippen LogP contribution in [0.15, 0.2) is 72.8 Å². The molecular weight excluding hydrogens is 370 g/mol. The Kier molecular flexibility index (Phi) is 6.26. The number of methoxy groups -OCH3 is 2. The molecule has 6 nitrogen and oxygen atoms in total. The van der Waals surface area contributed by atoms with Crippen molar-refractivity contribution in [1.82, 2.24) is 0 Å². The lowest BCUT2D eigenvalue weighted by atomic mass is 9.98. The number of benzene rings is 3. The highest BCUT2D eigenvalue weighted by atomic mass is 16.5. The van der Waals surface area contributed by atoms with Crippen LogP contribution in [0, 0.1) is 0 Å². The highest BCUT2D eigenvalue weighted by molar-refractivity contribution is 6.06. The van der Waals surface area contributed by atoms with Crippen molar-refractivity contribution < 1.29 is 24.2 Å². The molecule has 0 bridgehead atoms. The molecule has 2 N–H and O–H groups in total. The Balaban J connectivity index is 1.86. The van der Waals surface area contributed by atoms with E-state index in [2.05, 4.69) is 10.1 Å². The van der Waals surface area contributed by atoms with Crippen LogP contribution in [0.1, 0.15) is 37.9 Å². The first-order valence-corrected chi connectivity index (χ1v) is 8.94. The van der Waals surface area contributed by atoms with Crippen molar-refractivity contribution in [2.75, 3.05) is 19.5 Å². The third kappa shape index (κ3) is 4.44. The van der Waals surface area contributed by atoms with Crippen molar-refractivity contribution in [3.05, 3.63) is 95.1 Å². The third-order valence-corrected chi connectivity index (χ3v) is 4.50. The number of hydrogen-bond acceptors (Lipinski definition) is 5. The summed E-state index contributed by atoms with van der Waals surface area (Å²) in [5, 5.41) is 13.7. The molecule has 29 heavy (non-hydrogen) atoms. The van der Waals surface area contributed by atoms with Gasteiger partial charge in [-0.2, -0.15) is 0 Å². The van der Waals surface area contributed by atoms with Crippen LogP contribution in [0.5, 0.6) is 5.75 Å². The van der Waals surface area contributed by atoms with E-state index < -0.39 is 12.1 Å². The molecule has 1 unspecified atom stereocenters. The summed E-state index contributed by atoms with van der Waals surface area (Å²) in [5.74, 6) is -0.333. The molecule has 0 aliphatic carbocycles. The van der Waals surface area contributed by atoms with Crippen LogP contribution in [0.2, 0.25) is 0 Å². The first kappa shape index (κ1) is 20.1. The molecule has 3 aromatic carbocycles. The van der Waals surface area contributed by atoms with Gasteiger partial charge in [0, 0.05) is 11.3 Å². The van der Waals surface area contributed by atoms with Gasteiger partial charge in [0.05, 0.1) is 25.3 Å². The first-order valence-electron chi connectivity index (χ1n) is 8.94. The van der Waals surface area contributed by atoms with Crippen LogP contribution >= 0.6 is 0 Å². The van der Waals surface area contributed by atoms with E-state index in [0.717, 1.165) is 0 Å². The van der Waals surface area contributed by atoms with Gasteiger partial charge in [-0.1, -0.05) is 42.5 Å². The van der Waals surface area contributed by atoms with Crippen LogP contribution in [-0.2, 0) is 4.74 Å². The zero-order valence-electron chi connectivity index (χ0n) is 16.1. The number of para-hydroxylation sites is 2. The lowest BCUT2D eigenvalue weighted by molar-refractivity contribution is 0.0600. The van der Waals surface area contributed by atoms with Crippen molar-refractivity contribution >= 4 is 17.6 Å². The fraction of sp³-hybridized carbons (Fsp3) is 0.130. The molecule has 1 amide bonds. The smallest absolute Gasteiger partial charge is 0.337 e. The summed E-state index contributed by atoms with van der Waals surface area (Å²) in [5.41, 5.74) is 2.37. The second-order valence-electron chi connectivity index (χ2n) is 6.26. The van der Waals surface area contributed by atoms with Gasteiger partial charge in [0.15, 0.2) is 0 Å². The fourth-order valence-corrected chi connectivity index (χ4v) is 2.97. The lowest BCUT2D eigenvalue weighted by Crippen LogP contribution is -2.15. The summed E-state index contributed by atoms with van der Waals surface area (Å²) in [4.78, 5) is 24.3. The highest BCUT2D eigenvalue weighted by Gasteiger charge is 2.18. The first-order chi connectivity index (χ1) is 14.0. The monoisotopic (exact) mass is 391 g/mol. The Morgan fingerprint density at radius 2 is 1.55 bits per heavy atom. The standard InChI is InChI=1S/C23H21NO5/c1-28-20-10-6-4-8-18(20)22(26)24-19-9-5-3-7-17(19)21(25)15-11-13-16(14-12-15)23(27)29-2/h3-14,21,25H,1-2H3,(H,24,26). The maximum Gasteiger partial charge on any atom is 0.337 e. The molecular formula is C23H21NO5. The van der Waals surface area contributed by atoms with E-state index in [1.165, 1.54) is 14.2 Å². The molecule has 6 heteroatoms. The normalized spacial score (nSPS) is 11.4. The summed E-state index contributed by atoms with van der Waals surface area (Å²) in [6.07, 6.45) is -0.990. The van der Waals surface area contributed by atoms with Gasteiger partial charge in [-0.15, -0.1) is 0 Å². The molecule has 0 aromatic heterocycles. The van der Waals surface area contributed by atoms with Crippen LogP contribution in [-0.4, -0.2) is 31.2 Å². The summed E-state index contributed by atoms with van der Waals surface area (Å²) in [7, 11) is 2.81. The molecule has 0 aliphatic rings. The maximum atomic E-state index is 12.7. The zero-order chi connectivity index (χ0) is 20.8. The molecule has 0 saturated carbocycles. The summed E-state index contributed by atoms with van der Waals surface area (Å²) >= 11 is 0. The van der Waals surface area contributed by atoms with Crippen molar-refractivity contribution in [1.29, 1.82) is 0 Å². The third-order valence-electron chi connectivity index (χ3n) is 4.50. The number of ether oxygens (including phenoxy) is 2. The van der Waals surface area contributed by atoms with E-state index >= 15 is 0 Å². The summed E-state index contributed by atoms with van der Waals surface area (Å²) < 4.78 is 9.93. The average Bonchev–Trinajstić information content (AvgIpc) is 2.78. The number of carbonyl (C=O) groups excluding carboxylic acids is 2. The Bertz CT molecular complexity index is 1010. The van der Waals surface area contributed by atoms with Crippen molar-refractivity contribution in [2.45, 2.75) is 6.10 Å². The largest absolute Gasteiger partial charge is 0.496 e. The second-order valence-corrected chi connectivity index (χ2v) is 6.26. The van der Waals surface area contributed by atoms with Gasteiger partial charge in [-0.3, -0.25) is 4.79 Å². The fourth-order valence-electron chi connectivity index (χ4n) is 2.97. The number of hydrogen-bond donors (Lipinski definition) is 2. The van der Waals surface area contributed by atoms with E-state index in [4.69, 9.17) is 4.74 Å². The van der Waals surface area contributed by atoms with Gasteiger partial charge in [0.1, 0.15) is 11.9 Å². The Morgan fingerprint density at radius 1 is 0.897 bits per heavy atom. The number of anilines is 1. The minimum Gasteiger partial charge on any atom is -0.496 e. The molecule has 0 fully saturated rings. The Hall–Kier alpha value is -3.64. The summed E-state index contributed by atoms with van der Waals surface area (Å²) in [6.45, 7) is 0. The Morgan fingerprint density at radius 3 is 2.24 bits per heavy atom. The van der Waals surface area contributed by atoms with Crippen LogP contribution in [0.3, 0.4) is 0 Å². The maximum absolute atomic E-state index is 12.7. The predicted molar refractivity (Wildman–Crippen MR) is 109 cm³/mol. The zero-order valence-corrected chi connectivity index (χ0v) is 16.1. The number of aliphatic hydroxyl groups excluding tert-OH is 1. The van der Waals surface area contributed by atoms with Gasteiger partial charge in [-0.05, 0) is 35.9 Å². The van der Waals surface area contributed by atoms with Crippen LogP contribution in [0.4, 0.5) is 5.69 Å². The molecule has 0 aliphatic heterocycles. The van der Waals surface area contributed by atoms with Gasteiger partial charge < -0.3 is 19.9 Å². The second kappa shape index (κ2) is 9.03. The number of rotatable bonds is 6. The molecule has 0 saturated heterocycles. The number of nitrogens with one attached hydrogen (secondary N) is 1. The van der Waals surface area contributed by atoms with Gasteiger partial charge >= 0.3 is 5.97 Å². The molecule has 0 heterocycles. The predicted octanol–water partition coefficient (Wildman–Crippen LogP) is 3.82. The van der Waals surface area contributed by atoms with E-state index in [0.29, 0.717) is 33.7 Å². The minimum absolute atomic E-state index is 0.344. The average molecular weight is 391 g/mol. The van der Waals surface area contributed by atoms with E-state index in [1.54, 1.807) is 72.8 Å². The molecule has 1 atom stereocenters. The molecule has 3 rings (SSSR count). The van der Waals surface area contributed by atoms with Crippen molar-refractivity contribution in [2.24, 2.45) is 0 Å². The van der Waals surface area contributed by atoms with Crippen molar-refractivity contribution in [3.8, 4) is 5.75 Å². The summed E-state index contributed by atoms with van der Waals surface area (Å²) in [6, 6.07) is 20.4. The number of amides is 1. The number of carbonyl (C=O) groups is 2. The molecule has 148 valence electrons. The highest BCUT2D eigenvalue weighted by Crippen LogP contribution is 2.29. The van der Waals surface area contributed by atoms with E-state index in [-0.39, 0.29) is 5.91 Å². The van der Waals surface area contributed by atoms with Gasteiger partial charge in [0.25, 0.3) is 5.91 Å². The minimum atomic E-state index is -0.990. The van der Waals surface area contributed by atoms with Crippen molar-refractivity contribution in [3.63, 3.8) is 0 Å². The molecule has 0 radical (unpaired) electrons. The Labute approximate surface area is 168 Å². The lowest BCUT2D eigenvalue weighted by Gasteiger charge is -2.17. The number of esters is 1. The van der Waals surface area contributed by atoms with E-state index in [1.807, 2.05) is 0 Å². The SMILES string of the molecule is COC(=O)c1ccc(C(O)c2ccccc2NC(=O)c2ccccc2OC)cc1. The van der Waals surface area contributed by atoms with E-state index in [9.17, 15) is 14.7 Å². The molecule has 3 aromatic rings. The van der Waals surface area contributed by atoms with Gasteiger partial charge in [-0.25, -0.2) is 4.79 Å². The van der Waals surface area contributed by atoms with Crippen LogP contribution in [0.25, 0.3) is 0 Å². The quantitative estimate of drug-likeness (QED) is 0.624. The number of aliphatic hydroxyl groups is 1. The topological polar surface area (TPSA) is 84.9 Å².